The highest BCUT2D eigenvalue weighted by molar-refractivity contribution is 7.98. The van der Waals surface area contributed by atoms with Crippen LogP contribution in [0.1, 0.15) is 49.9 Å². The first kappa shape index (κ1) is 20.0. The van der Waals surface area contributed by atoms with Crippen molar-refractivity contribution >= 4 is 29.3 Å². The molecule has 26 heavy (non-hydrogen) atoms. The average molecular weight is 377 g/mol. The van der Waals surface area contributed by atoms with Crippen molar-refractivity contribution in [3.8, 4) is 0 Å². The first-order valence-electron chi connectivity index (χ1n) is 8.45. The molecule has 0 saturated heterocycles. The molecule has 0 spiro atoms. The summed E-state index contributed by atoms with van der Waals surface area (Å²) in [6.45, 7) is 3.96. The second-order valence-electron chi connectivity index (χ2n) is 6.15. The number of carbonyl (C=O) groups excluding carboxylic acids is 1. The summed E-state index contributed by atoms with van der Waals surface area (Å²) in [6.07, 6.45) is 0.808. The Morgan fingerprint density at radius 2 is 2.12 bits per heavy atom. The van der Waals surface area contributed by atoms with Crippen LogP contribution in [0.25, 0.3) is 0 Å². The minimum atomic E-state index is -0.791. The number of hydrogen-bond donors (Lipinski definition) is 2. The normalized spacial score (nSPS) is 10.9. The second-order valence-corrected chi connectivity index (χ2v) is 7.25. The predicted molar refractivity (Wildman–Crippen MR) is 100 cm³/mol. The van der Waals surface area contributed by atoms with Gasteiger partial charge in [-0.05, 0) is 17.7 Å². The van der Waals surface area contributed by atoms with E-state index in [9.17, 15) is 9.59 Å². The fourth-order valence-electron chi connectivity index (χ4n) is 2.14. The zero-order valence-electron chi connectivity index (χ0n) is 14.9. The molecule has 1 heterocycles. The summed E-state index contributed by atoms with van der Waals surface area (Å²) in [6, 6.07) is 7.55. The number of aryl methyl sites for hydroxylation is 1. The van der Waals surface area contributed by atoms with Crippen LogP contribution in [0.4, 0.5) is 5.69 Å². The second kappa shape index (κ2) is 9.96. The molecule has 140 valence electrons. The maximum absolute atomic E-state index is 12.1. The topological polar surface area (TPSA) is 105 Å². The van der Waals surface area contributed by atoms with Gasteiger partial charge in [0, 0.05) is 36.0 Å². The Balaban J connectivity index is 1.78. The van der Waals surface area contributed by atoms with E-state index in [4.69, 9.17) is 9.63 Å². The van der Waals surface area contributed by atoms with Crippen LogP contribution in [0, 0.1) is 0 Å². The molecule has 1 amide bonds. The fraction of sp³-hybridized carbons (Fsp3) is 0.444. The van der Waals surface area contributed by atoms with Crippen LogP contribution in [0.3, 0.4) is 0 Å². The van der Waals surface area contributed by atoms with Crippen LogP contribution < -0.4 is 5.32 Å². The molecule has 2 aromatic rings. The van der Waals surface area contributed by atoms with E-state index in [0.717, 1.165) is 11.3 Å². The Morgan fingerprint density at radius 1 is 1.31 bits per heavy atom. The van der Waals surface area contributed by atoms with Crippen molar-refractivity contribution < 1.29 is 19.2 Å². The van der Waals surface area contributed by atoms with Gasteiger partial charge in [0.2, 0.25) is 11.8 Å². The molecule has 2 N–H and O–H groups in total. The lowest BCUT2D eigenvalue weighted by atomic mass is 10.2. The summed E-state index contributed by atoms with van der Waals surface area (Å²) < 4.78 is 5.13. The standard InChI is InChI=1S/C18H23N3O4S/c1-12(2)18-20-16(25-21-18)7-6-15(22)19-14-5-3-4-13(10-14)11-26-9-8-17(23)24/h3-5,10,12H,6-9,11H2,1-2H3,(H,19,22)(H,23,24). The Kier molecular flexibility index (Phi) is 7.65. The van der Waals surface area contributed by atoms with Gasteiger partial charge in [-0.15, -0.1) is 0 Å². The van der Waals surface area contributed by atoms with Gasteiger partial charge in [-0.25, -0.2) is 0 Å². The number of rotatable bonds is 10. The van der Waals surface area contributed by atoms with Crippen LogP contribution in [0.15, 0.2) is 28.8 Å². The minimum absolute atomic E-state index is 0.120. The van der Waals surface area contributed by atoms with Gasteiger partial charge in [-0.3, -0.25) is 9.59 Å². The molecular weight excluding hydrogens is 354 g/mol. The highest BCUT2D eigenvalue weighted by Crippen LogP contribution is 2.18. The minimum Gasteiger partial charge on any atom is -0.481 e. The fourth-order valence-corrected chi connectivity index (χ4v) is 3.01. The quantitative estimate of drug-likeness (QED) is 0.611. The molecule has 8 heteroatoms. The Bertz CT molecular complexity index is 746. The van der Waals surface area contributed by atoms with E-state index >= 15 is 0 Å². The third-order valence-corrected chi connectivity index (χ3v) is 4.54. The molecule has 0 unspecified atom stereocenters. The summed E-state index contributed by atoms with van der Waals surface area (Å²) >= 11 is 1.55. The average Bonchev–Trinajstić information content (AvgIpc) is 3.06. The maximum atomic E-state index is 12.1. The van der Waals surface area contributed by atoms with E-state index in [-0.39, 0.29) is 24.7 Å². The highest BCUT2D eigenvalue weighted by Gasteiger charge is 2.11. The summed E-state index contributed by atoms with van der Waals surface area (Å²) in [5, 5.41) is 15.4. The third-order valence-electron chi connectivity index (χ3n) is 3.51. The number of aromatic nitrogens is 2. The van der Waals surface area contributed by atoms with E-state index < -0.39 is 5.97 Å². The first-order chi connectivity index (χ1) is 12.4. The first-order valence-corrected chi connectivity index (χ1v) is 9.60. The number of carboxylic acids is 1. The van der Waals surface area contributed by atoms with Gasteiger partial charge in [0.15, 0.2) is 5.82 Å². The van der Waals surface area contributed by atoms with Gasteiger partial charge in [0.25, 0.3) is 0 Å². The van der Waals surface area contributed by atoms with E-state index in [1.165, 1.54) is 0 Å². The van der Waals surface area contributed by atoms with Crippen molar-refractivity contribution in [3.63, 3.8) is 0 Å². The molecular formula is C18H23N3O4S. The van der Waals surface area contributed by atoms with E-state index in [1.807, 2.05) is 38.1 Å². The van der Waals surface area contributed by atoms with Gasteiger partial charge in [0.05, 0.1) is 6.42 Å². The molecule has 0 atom stereocenters. The summed E-state index contributed by atoms with van der Waals surface area (Å²) in [7, 11) is 0. The Morgan fingerprint density at radius 3 is 2.81 bits per heavy atom. The lowest BCUT2D eigenvalue weighted by Crippen LogP contribution is -2.12. The molecule has 0 radical (unpaired) electrons. The predicted octanol–water partition coefficient (Wildman–Crippen LogP) is 3.47. The van der Waals surface area contributed by atoms with E-state index in [2.05, 4.69) is 15.5 Å². The van der Waals surface area contributed by atoms with E-state index in [0.29, 0.717) is 29.6 Å². The number of thioether (sulfide) groups is 1. The van der Waals surface area contributed by atoms with Crippen LogP contribution >= 0.6 is 11.8 Å². The SMILES string of the molecule is CC(C)c1noc(CCC(=O)Nc2cccc(CSCCC(=O)O)c2)n1. The summed E-state index contributed by atoms with van der Waals surface area (Å²) in [4.78, 5) is 26.9. The molecule has 0 aliphatic rings. The lowest BCUT2D eigenvalue weighted by Gasteiger charge is -2.07. The number of hydrogen-bond acceptors (Lipinski definition) is 6. The number of amides is 1. The van der Waals surface area contributed by atoms with Crippen molar-refractivity contribution in [2.45, 2.75) is 44.8 Å². The molecule has 0 bridgehead atoms. The van der Waals surface area contributed by atoms with Crippen LogP contribution in [-0.2, 0) is 21.8 Å². The van der Waals surface area contributed by atoms with Crippen molar-refractivity contribution in [1.82, 2.24) is 10.1 Å². The maximum Gasteiger partial charge on any atom is 0.304 e. The number of carboxylic acid groups (broad SMARTS) is 1. The molecule has 0 saturated carbocycles. The van der Waals surface area contributed by atoms with Crippen LogP contribution in [0.5, 0.6) is 0 Å². The number of carbonyl (C=O) groups is 2. The third kappa shape index (κ3) is 6.87. The summed E-state index contributed by atoms with van der Waals surface area (Å²) in [5.74, 6) is 1.66. The van der Waals surface area contributed by atoms with Gasteiger partial charge in [-0.2, -0.15) is 16.7 Å². The van der Waals surface area contributed by atoms with Gasteiger partial charge < -0.3 is 14.9 Å². The molecule has 0 aliphatic heterocycles. The zero-order chi connectivity index (χ0) is 18.9. The van der Waals surface area contributed by atoms with Crippen molar-refractivity contribution in [3.05, 3.63) is 41.5 Å². The molecule has 2 rings (SSSR count). The number of anilines is 1. The largest absolute Gasteiger partial charge is 0.481 e. The van der Waals surface area contributed by atoms with Crippen molar-refractivity contribution in [2.24, 2.45) is 0 Å². The van der Waals surface area contributed by atoms with Crippen molar-refractivity contribution in [2.75, 3.05) is 11.1 Å². The Hall–Kier alpha value is -2.35. The van der Waals surface area contributed by atoms with Crippen molar-refractivity contribution in [1.29, 1.82) is 0 Å². The molecule has 1 aromatic carbocycles. The summed E-state index contributed by atoms with van der Waals surface area (Å²) in [5.41, 5.74) is 1.76. The van der Waals surface area contributed by atoms with E-state index in [1.54, 1.807) is 11.8 Å². The molecule has 0 aliphatic carbocycles. The Labute approximate surface area is 156 Å². The van der Waals surface area contributed by atoms with Gasteiger partial charge >= 0.3 is 5.97 Å². The molecule has 0 fully saturated rings. The smallest absolute Gasteiger partial charge is 0.304 e. The molecule has 7 nitrogen and oxygen atoms in total. The number of aliphatic carboxylic acids is 1. The lowest BCUT2D eigenvalue weighted by molar-refractivity contribution is -0.136. The number of nitrogens with zero attached hydrogens (tertiary/aromatic N) is 2. The van der Waals surface area contributed by atoms with Crippen LogP contribution in [-0.4, -0.2) is 32.9 Å². The van der Waals surface area contributed by atoms with Gasteiger partial charge in [0.1, 0.15) is 0 Å². The highest BCUT2D eigenvalue weighted by atomic mass is 32.2. The zero-order valence-corrected chi connectivity index (χ0v) is 15.7. The molecule has 1 aromatic heterocycles. The van der Waals surface area contributed by atoms with Gasteiger partial charge in [-0.1, -0.05) is 31.1 Å². The van der Waals surface area contributed by atoms with Crippen LogP contribution in [0.2, 0.25) is 0 Å². The monoisotopic (exact) mass is 377 g/mol. The number of nitrogens with one attached hydrogen (secondary N) is 1. The number of benzene rings is 1.